The van der Waals surface area contributed by atoms with E-state index in [0.717, 1.165) is 11.1 Å². The van der Waals surface area contributed by atoms with Crippen LogP contribution in [0.1, 0.15) is 24.0 Å². The lowest BCUT2D eigenvalue weighted by Crippen LogP contribution is -2.19. The van der Waals surface area contributed by atoms with E-state index in [9.17, 15) is 9.59 Å². The second-order valence-corrected chi connectivity index (χ2v) is 3.70. The fourth-order valence-electron chi connectivity index (χ4n) is 1.54. The molecule has 0 aliphatic carbocycles. The van der Waals surface area contributed by atoms with Crippen LogP contribution in [-0.4, -0.2) is 22.6 Å². The van der Waals surface area contributed by atoms with E-state index >= 15 is 0 Å². The predicted molar refractivity (Wildman–Crippen MR) is 55.9 cm³/mol. The second-order valence-electron chi connectivity index (χ2n) is 3.70. The Morgan fingerprint density at radius 1 is 1.07 bits per heavy atom. The Kier molecular flexibility index (Phi) is 2.46. The quantitative estimate of drug-likeness (QED) is 0.508. The van der Waals surface area contributed by atoms with Gasteiger partial charge in [0.25, 0.3) is 0 Å². The van der Waals surface area contributed by atoms with Crippen LogP contribution in [0.5, 0.6) is 0 Å². The van der Waals surface area contributed by atoms with E-state index in [1.165, 1.54) is 4.58 Å². The van der Waals surface area contributed by atoms with E-state index in [0.29, 0.717) is 12.8 Å². The van der Waals surface area contributed by atoms with Crippen molar-refractivity contribution in [1.82, 2.24) is 0 Å². The summed E-state index contributed by atoms with van der Waals surface area (Å²) >= 11 is 0. The molecule has 76 valence electrons. The highest BCUT2D eigenvalue weighted by Crippen LogP contribution is 2.07. The van der Waals surface area contributed by atoms with Gasteiger partial charge in [0.15, 0.2) is 6.21 Å². The number of benzene rings is 1. The topological polar surface area (TPSA) is 37.1 Å². The molecule has 1 aromatic rings. The maximum Gasteiger partial charge on any atom is 0.395 e. The van der Waals surface area contributed by atoms with Crippen LogP contribution in [0.15, 0.2) is 24.3 Å². The molecule has 1 aliphatic rings. The minimum absolute atomic E-state index is 0.111. The summed E-state index contributed by atoms with van der Waals surface area (Å²) in [7, 11) is 0. The number of carbonyl (C=O) groups excluding carboxylic acids is 2. The summed E-state index contributed by atoms with van der Waals surface area (Å²) in [5, 5.41) is 0. The predicted octanol–water partition coefficient (Wildman–Crippen LogP) is 1.27. The maximum atomic E-state index is 11.3. The van der Waals surface area contributed by atoms with Crippen molar-refractivity contribution < 1.29 is 14.2 Å². The summed E-state index contributed by atoms with van der Waals surface area (Å²) in [5.41, 5.74) is 2.04. The summed E-state index contributed by atoms with van der Waals surface area (Å²) in [5.74, 6) is -0.221. The minimum atomic E-state index is -0.111. The van der Waals surface area contributed by atoms with Crippen LogP contribution in [0.4, 0.5) is 0 Å². The molecule has 2 rings (SSSR count). The Labute approximate surface area is 88.0 Å². The third-order valence-corrected chi connectivity index (χ3v) is 2.45. The van der Waals surface area contributed by atoms with E-state index in [2.05, 4.69) is 0 Å². The largest absolute Gasteiger partial charge is 0.395 e. The smallest absolute Gasteiger partial charge is 0.219 e. The standard InChI is InChI=1S/C12H12NO2/c1-9-2-4-10(5-3-9)8-13-11(14)6-7-12(13)15/h2-5,8H,6-7H2,1H3/q+1. The molecule has 0 radical (unpaired) electrons. The highest BCUT2D eigenvalue weighted by atomic mass is 16.2. The second kappa shape index (κ2) is 3.77. The van der Waals surface area contributed by atoms with Crippen molar-refractivity contribution in [2.24, 2.45) is 0 Å². The number of carbonyl (C=O) groups is 2. The molecule has 3 heteroatoms. The van der Waals surface area contributed by atoms with Crippen LogP contribution in [0.3, 0.4) is 0 Å². The van der Waals surface area contributed by atoms with Crippen LogP contribution < -0.4 is 0 Å². The van der Waals surface area contributed by atoms with E-state index < -0.39 is 0 Å². The molecule has 0 N–H and O–H groups in total. The first-order valence-electron chi connectivity index (χ1n) is 4.93. The van der Waals surface area contributed by atoms with E-state index in [4.69, 9.17) is 0 Å². The highest BCUT2D eigenvalue weighted by molar-refractivity contribution is 5.95. The SMILES string of the molecule is Cc1ccc(C=[N+]2C(=O)CCC2=O)cc1. The molecule has 0 aromatic heterocycles. The first-order chi connectivity index (χ1) is 7.16. The molecule has 1 saturated heterocycles. The number of amides is 2. The lowest BCUT2D eigenvalue weighted by atomic mass is 10.2. The molecule has 1 heterocycles. The minimum Gasteiger partial charge on any atom is -0.219 e. The molecule has 0 bridgehead atoms. The molecule has 3 nitrogen and oxygen atoms in total. The number of hydrogen-bond acceptors (Lipinski definition) is 2. The van der Waals surface area contributed by atoms with Gasteiger partial charge in [0.2, 0.25) is 0 Å². The average Bonchev–Trinajstić information content (AvgIpc) is 2.53. The fraction of sp³-hybridized carbons (Fsp3) is 0.250. The normalized spacial score (nSPS) is 15.9. The van der Waals surface area contributed by atoms with Crippen molar-refractivity contribution in [1.29, 1.82) is 0 Å². The third kappa shape index (κ3) is 2.01. The average molecular weight is 202 g/mol. The molecule has 0 spiro atoms. The monoisotopic (exact) mass is 202 g/mol. The van der Waals surface area contributed by atoms with Gasteiger partial charge in [-0.1, -0.05) is 22.3 Å². The van der Waals surface area contributed by atoms with Gasteiger partial charge in [-0.2, -0.15) is 0 Å². The zero-order chi connectivity index (χ0) is 10.8. The van der Waals surface area contributed by atoms with Gasteiger partial charge in [0.1, 0.15) is 0 Å². The number of rotatable bonds is 1. The van der Waals surface area contributed by atoms with Crippen molar-refractivity contribution in [3.63, 3.8) is 0 Å². The molecular formula is C12H12NO2+. The summed E-state index contributed by atoms with van der Waals surface area (Å²) < 4.78 is 1.21. The molecule has 1 fully saturated rings. The molecule has 0 unspecified atom stereocenters. The molecule has 15 heavy (non-hydrogen) atoms. The summed E-state index contributed by atoms with van der Waals surface area (Å²) in [4.78, 5) is 22.7. The number of imide groups is 1. The van der Waals surface area contributed by atoms with Gasteiger partial charge in [-0.15, -0.1) is 0 Å². The zero-order valence-electron chi connectivity index (χ0n) is 8.56. The van der Waals surface area contributed by atoms with Gasteiger partial charge in [-0.05, 0) is 19.1 Å². The maximum absolute atomic E-state index is 11.3. The number of hydrogen-bond donors (Lipinski definition) is 0. The Morgan fingerprint density at radius 2 is 1.60 bits per heavy atom. The van der Waals surface area contributed by atoms with Crippen molar-refractivity contribution >= 4 is 18.0 Å². The van der Waals surface area contributed by atoms with Crippen LogP contribution in [0, 0.1) is 6.92 Å². The van der Waals surface area contributed by atoms with E-state index in [1.807, 2.05) is 31.2 Å². The van der Waals surface area contributed by atoms with Gasteiger partial charge in [0, 0.05) is 5.56 Å². The summed E-state index contributed by atoms with van der Waals surface area (Å²) in [6.45, 7) is 2.00. The Bertz CT molecular complexity index is 425. The third-order valence-electron chi connectivity index (χ3n) is 2.45. The Morgan fingerprint density at radius 3 is 2.13 bits per heavy atom. The highest BCUT2D eigenvalue weighted by Gasteiger charge is 2.34. The van der Waals surface area contributed by atoms with Crippen LogP contribution >= 0.6 is 0 Å². The summed E-state index contributed by atoms with van der Waals surface area (Å²) in [6, 6.07) is 7.70. The van der Waals surface area contributed by atoms with Crippen LogP contribution in [0.2, 0.25) is 0 Å². The van der Waals surface area contributed by atoms with Gasteiger partial charge in [0.05, 0.1) is 12.8 Å². The molecule has 1 aromatic carbocycles. The molecule has 2 amide bonds. The lowest BCUT2D eigenvalue weighted by Gasteiger charge is -1.92. The van der Waals surface area contributed by atoms with Crippen molar-refractivity contribution in [2.75, 3.05) is 0 Å². The number of aryl methyl sites for hydroxylation is 1. The molecule has 0 atom stereocenters. The van der Waals surface area contributed by atoms with E-state index in [1.54, 1.807) is 6.21 Å². The van der Waals surface area contributed by atoms with Gasteiger partial charge in [-0.3, -0.25) is 0 Å². The lowest BCUT2D eigenvalue weighted by molar-refractivity contribution is -0.368. The molecule has 0 saturated carbocycles. The van der Waals surface area contributed by atoms with Crippen molar-refractivity contribution in [2.45, 2.75) is 19.8 Å². The van der Waals surface area contributed by atoms with Crippen LogP contribution in [0.25, 0.3) is 0 Å². The van der Waals surface area contributed by atoms with Crippen molar-refractivity contribution in [3.05, 3.63) is 35.4 Å². The van der Waals surface area contributed by atoms with Gasteiger partial charge in [-0.25, -0.2) is 9.59 Å². The Balaban J connectivity index is 2.33. The molecule has 1 aliphatic heterocycles. The van der Waals surface area contributed by atoms with Crippen molar-refractivity contribution in [3.8, 4) is 0 Å². The van der Waals surface area contributed by atoms with Gasteiger partial charge >= 0.3 is 11.8 Å². The number of nitrogens with zero attached hydrogens (tertiary/aromatic N) is 1. The molecular weight excluding hydrogens is 190 g/mol. The first kappa shape index (κ1) is 9.77. The van der Waals surface area contributed by atoms with Gasteiger partial charge < -0.3 is 0 Å². The van der Waals surface area contributed by atoms with Crippen LogP contribution in [-0.2, 0) is 9.59 Å². The fourth-order valence-corrected chi connectivity index (χ4v) is 1.54. The zero-order valence-corrected chi connectivity index (χ0v) is 8.56. The first-order valence-corrected chi connectivity index (χ1v) is 4.93. The summed E-state index contributed by atoms with van der Waals surface area (Å²) in [6.07, 6.45) is 2.28. The van der Waals surface area contributed by atoms with E-state index in [-0.39, 0.29) is 11.8 Å². The Hall–Kier alpha value is -1.77.